The van der Waals surface area contributed by atoms with Crippen LogP contribution < -0.4 is 5.32 Å². The first-order valence-corrected chi connectivity index (χ1v) is 7.72. The van der Waals surface area contributed by atoms with E-state index < -0.39 is 0 Å². The van der Waals surface area contributed by atoms with E-state index in [0.717, 1.165) is 11.1 Å². The van der Waals surface area contributed by atoms with Crippen LogP contribution in [0.1, 0.15) is 11.3 Å². The van der Waals surface area contributed by atoms with Gasteiger partial charge in [0.1, 0.15) is 11.5 Å². The number of anilines is 1. The largest absolute Gasteiger partial charge is 0.508 e. The molecule has 0 saturated heterocycles. The highest BCUT2D eigenvalue weighted by molar-refractivity contribution is 5.91. The lowest BCUT2D eigenvalue weighted by molar-refractivity contribution is -0.115. The van der Waals surface area contributed by atoms with Crippen molar-refractivity contribution in [3.8, 4) is 22.8 Å². The van der Waals surface area contributed by atoms with Gasteiger partial charge < -0.3 is 15.5 Å². The SMILES string of the molecule is Cc1nc(-c2ccc(O)cc2)cnc1NC(=O)Cc1ccc(O)cc1. The van der Waals surface area contributed by atoms with Gasteiger partial charge in [-0.05, 0) is 48.9 Å². The molecule has 0 atom stereocenters. The van der Waals surface area contributed by atoms with E-state index >= 15 is 0 Å². The molecule has 0 aliphatic rings. The first kappa shape index (κ1) is 16.4. The van der Waals surface area contributed by atoms with Gasteiger partial charge in [-0.2, -0.15) is 0 Å². The van der Waals surface area contributed by atoms with Crippen molar-refractivity contribution in [1.82, 2.24) is 9.97 Å². The van der Waals surface area contributed by atoms with Gasteiger partial charge in [0, 0.05) is 5.56 Å². The maximum absolute atomic E-state index is 12.1. The fourth-order valence-electron chi connectivity index (χ4n) is 2.35. The Morgan fingerprint density at radius 2 is 1.60 bits per heavy atom. The van der Waals surface area contributed by atoms with Crippen LogP contribution in [0.5, 0.6) is 11.5 Å². The number of nitrogens with zero attached hydrogens (tertiary/aromatic N) is 2. The molecule has 0 saturated carbocycles. The average molecular weight is 335 g/mol. The van der Waals surface area contributed by atoms with Crippen LogP contribution in [-0.4, -0.2) is 26.1 Å². The summed E-state index contributed by atoms with van der Waals surface area (Å²) in [5, 5.41) is 21.4. The van der Waals surface area contributed by atoms with Crippen LogP contribution in [0.2, 0.25) is 0 Å². The molecule has 1 heterocycles. The van der Waals surface area contributed by atoms with E-state index in [0.29, 0.717) is 17.2 Å². The van der Waals surface area contributed by atoms with Crippen molar-refractivity contribution in [3.63, 3.8) is 0 Å². The topological polar surface area (TPSA) is 95.3 Å². The summed E-state index contributed by atoms with van der Waals surface area (Å²) in [6.07, 6.45) is 1.76. The quantitative estimate of drug-likeness (QED) is 0.681. The van der Waals surface area contributed by atoms with Crippen LogP contribution in [-0.2, 0) is 11.2 Å². The summed E-state index contributed by atoms with van der Waals surface area (Å²) in [6, 6.07) is 13.1. The lowest BCUT2D eigenvalue weighted by atomic mass is 10.1. The molecule has 3 N–H and O–H groups in total. The molecule has 3 rings (SSSR count). The Morgan fingerprint density at radius 1 is 1.00 bits per heavy atom. The monoisotopic (exact) mass is 335 g/mol. The van der Waals surface area contributed by atoms with Gasteiger partial charge >= 0.3 is 0 Å². The lowest BCUT2D eigenvalue weighted by Crippen LogP contribution is -2.16. The summed E-state index contributed by atoms with van der Waals surface area (Å²) in [5.41, 5.74) is 2.88. The summed E-state index contributed by atoms with van der Waals surface area (Å²) in [5.74, 6) is 0.550. The van der Waals surface area contributed by atoms with Crippen molar-refractivity contribution >= 4 is 11.7 Å². The predicted molar refractivity (Wildman–Crippen MR) is 94.3 cm³/mol. The van der Waals surface area contributed by atoms with Crippen molar-refractivity contribution in [2.45, 2.75) is 13.3 Å². The van der Waals surface area contributed by atoms with Crippen molar-refractivity contribution in [2.24, 2.45) is 0 Å². The summed E-state index contributed by atoms with van der Waals surface area (Å²) < 4.78 is 0. The Labute approximate surface area is 144 Å². The van der Waals surface area contributed by atoms with Crippen LogP contribution in [0.15, 0.2) is 54.7 Å². The molecular formula is C19H17N3O3. The standard InChI is InChI=1S/C19H17N3O3/c1-12-19(22-18(25)10-13-2-6-15(23)7-3-13)20-11-17(21-12)14-4-8-16(24)9-5-14/h2-9,11,23-24H,10H2,1H3,(H,20,22,25). The van der Waals surface area contributed by atoms with Gasteiger partial charge in [0.2, 0.25) is 5.91 Å². The van der Waals surface area contributed by atoms with E-state index in [1.807, 2.05) is 0 Å². The Bertz CT molecular complexity index is 891. The number of phenolic OH excluding ortho intramolecular Hbond substituents is 2. The van der Waals surface area contributed by atoms with Gasteiger partial charge in [-0.3, -0.25) is 4.79 Å². The number of aromatic hydroxyl groups is 2. The Kier molecular flexibility index (Phi) is 4.61. The van der Waals surface area contributed by atoms with Crippen molar-refractivity contribution in [1.29, 1.82) is 0 Å². The molecule has 126 valence electrons. The second kappa shape index (κ2) is 7.00. The third-order valence-corrected chi connectivity index (χ3v) is 3.67. The highest BCUT2D eigenvalue weighted by Gasteiger charge is 2.10. The fourth-order valence-corrected chi connectivity index (χ4v) is 2.35. The molecule has 0 radical (unpaired) electrons. The smallest absolute Gasteiger partial charge is 0.229 e. The fraction of sp³-hybridized carbons (Fsp3) is 0.105. The minimum Gasteiger partial charge on any atom is -0.508 e. The number of nitrogens with one attached hydrogen (secondary N) is 1. The van der Waals surface area contributed by atoms with Gasteiger partial charge in [-0.15, -0.1) is 0 Å². The molecule has 3 aromatic rings. The van der Waals surface area contributed by atoms with Crippen LogP contribution in [0.3, 0.4) is 0 Å². The van der Waals surface area contributed by atoms with Gasteiger partial charge in [-0.1, -0.05) is 12.1 Å². The zero-order valence-corrected chi connectivity index (χ0v) is 13.6. The van der Waals surface area contributed by atoms with E-state index in [1.165, 1.54) is 0 Å². The van der Waals surface area contributed by atoms with Crippen LogP contribution in [0, 0.1) is 6.92 Å². The summed E-state index contributed by atoms with van der Waals surface area (Å²) >= 11 is 0. The Balaban J connectivity index is 1.71. The van der Waals surface area contributed by atoms with E-state index in [9.17, 15) is 15.0 Å². The first-order valence-electron chi connectivity index (χ1n) is 7.72. The second-order valence-electron chi connectivity index (χ2n) is 5.63. The number of amides is 1. The number of hydrogen-bond donors (Lipinski definition) is 3. The minimum absolute atomic E-state index is 0.163. The van der Waals surface area contributed by atoms with Crippen molar-refractivity contribution < 1.29 is 15.0 Å². The zero-order valence-electron chi connectivity index (χ0n) is 13.6. The normalized spacial score (nSPS) is 10.4. The number of rotatable bonds is 4. The Morgan fingerprint density at radius 3 is 2.20 bits per heavy atom. The minimum atomic E-state index is -0.208. The molecule has 6 heteroatoms. The number of hydrogen-bond acceptors (Lipinski definition) is 5. The molecule has 0 bridgehead atoms. The number of benzene rings is 2. The highest BCUT2D eigenvalue weighted by atomic mass is 16.3. The molecule has 0 spiro atoms. The summed E-state index contributed by atoms with van der Waals surface area (Å²) in [6.45, 7) is 1.77. The number of aryl methyl sites for hydroxylation is 1. The van der Waals surface area contributed by atoms with Crippen molar-refractivity contribution in [3.05, 3.63) is 66.0 Å². The Hall–Kier alpha value is -3.41. The van der Waals surface area contributed by atoms with E-state index in [2.05, 4.69) is 15.3 Å². The van der Waals surface area contributed by atoms with Crippen LogP contribution in [0.25, 0.3) is 11.3 Å². The van der Waals surface area contributed by atoms with E-state index in [1.54, 1.807) is 61.7 Å². The molecule has 2 aromatic carbocycles. The molecule has 1 aromatic heterocycles. The molecule has 6 nitrogen and oxygen atoms in total. The van der Waals surface area contributed by atoms with Crippen molar-refractivity contribution in [2.75, 3.05) is 5.32 Å². The molecular weight excluding hydrogens is 318 g/mol. The zero-order chi connectivity index (χ0) is 17.8. The van der Waals surface area contributed by atoms with Crippen LogP contribution >= 0.6 is 0 Å². The van der Waals surface area contributed by atoms with E-state index in [-0.39, 0.29) is 23.8 Å². The number of phenols is 2. The molecule has 1 amide bonds. The maximum atomic E-state index is 12.1. The van der Waals surface area contributed by atoms with Gasteiger partial charge in [0.25, 0.3) is 0 Å². The third-order valence-electron chi connectivity index (χ3n) is 3.67. The molecule has 0 unspecified atom stereocenters. The average Bonchev–Trinajstić information content (AvgIpc) is 2.59. The van der Waals surface area contributed by atoms with Gasteiger partial charge in [-0.25, -0.2) is 9.97 Å². The molecule has 0 aliphatic carbocycles. The molecule has 0 fully saturated rings. The van der Waals surface area contributed by atoms with Gasteiger partial charge in [0.05, 0.1) is 24.0 Å². The molecule has 25 heavy (non-hydrogen) atoms. The first-order chi connectivity index (χ1) is 12.0. The third kappa shape index (κ3) is 4.11. The lowest BCUT2D eigenvalue weighted by Gasteiger charge is -2.09. The highest BCUT2D eigenvalue weighted by Crippen LogP contribution is 2.21. The van der Waals surface area contributed by atoms with Crippen LogP contribution in [0.4, 0.5) is 5.82 Å². The predicted octanol–water partition coefficient (Wildman–Crippen LogP) is 3.04. The van der Waals surface area contributed by atoms with E-state index in [4.69, 9.17) is 0 Å². The summed E-state index contributed by atoms with van der Waals surface area (Å²) in [4.78, 5) is 20.9. The van der Waals surface area contributed by atoms with Gasteiger partial charge in [0.15, 0.2) is 5.82 Å². The number of aromatic nitrogens is 2. The molecule has 0 aliphatic heterocycles. The summed E-state index contributed by atoms with van der Waals surface area (Å²) in [7, 11) is 0. The second-order valence-corrected chi connectivity index (χ2v) is 5.63. The number of carbonyl (C=O) groups excluding carboxylic acids is 1. The number of carbonyl (C=O) groups is 1. The maximum Gasteiger partial charge on any atom is 0.229 e.